The summed E-state index contributed by atoms with van der Waals surface area (Å²) in [5.41, 5.74) is 0.863. The highest BCUT2D eigenvalue weighted by atomic mass is 19.4. The van der Waals surface area contributed by atoms with Gasteiger partial charge in [0.15, 0.2) is 0 Å². The molecule has 29 heavy (non-hydrogen) atoms. The van der Waals surface area contributed by atoms with Crippen molar-refractivity contribution in [2.45, 2.75) is 12.7 Å². The quantitative estimate of drug-likeness (QED) is 0.571. The topological polar surface area (TPSA) is 11.4 Å². The van der Waals surface area contributed by atoms with Crippen molar-refractivity contribution in [3.63, 3.8) is 0 Å². The molecule has 7 heteroatoms. The Hall–Kier alpha value is -2.80. The summed E-state index contributed by atoms with van der Waals surface area (Å²) in [7, 11) is 0. The Balaban J connectivity index is 1.48. The lowest BCUT2D eigenvalue weighted by Crippen LogP contribution is -2.46. The van der Waals surface area contributed by atoms with Gasteiger partial charge in [-0.1, -0.05) is 24.3 Å². The van der Waals surface area contributed by atoms with Crippen molar-refractivity contribution < 1.29 is 17.6 Å². The SMILES string of the molecule is Fc1ccccc1N1CCN(Cc2cccn2-c2ccccc2C(F)(F)F)CC1. The van der Waals surface area contributed by atoms with E-state index in [1.54, 1.807) is 35.0 Å². The number of nitrogens with zero attached hydrogens (tertiary/aromatic N) is 3. The van der Waals surface area contributed by atoms with Gasteiger partial charge in [-0.05, 0) is 36.4 Å². The molecule has 1 fully saturated rings. The molecule has 4 rings (SSSR count). The van der Waals surface area contributed by atoms with Crippen LogP contribution in [0.25, 0.3) is 5.69 Å². The summed E-state index contributed by atoms with van der Waals surface area (Å²) < 4.78 is 55.8. The molecule has 0 N–H and O–H groups in total. The first-order valence-corrected chi connectivity index (χ1v) is 9.48. The van der Waals surface area contributed by atoms with Crippen molar-refractivity contribution in [2.75, 3.05) is 31.1 Å². The number of rotatable bonds is 4. The molecule has 0 atom stereocenters. The minimum atomic E-state index is -4.41. The van der Waals surface area contributed by atoms with Crippen LogP contribution in [-0.2, 0) is 12.7 Å². The molecule has 2 heterocycles. The van der Waals surface area contributed by atoms with Crippen LogP contribution in [0.4, 0.5) is 23.2 Å². The molecule has 1 aliphatic heterocycles. The van der Waals surface area contributed by atoms with Gasteiger partial charge in [0, 0.05) is 44.6 Å². The van der Waals surface area contributed by atoms with Crippen LogP contribution in [0.1, 0.15) is 11.3 Å². The molecule has 3 aromatic rings. The number of alkyl halides is 3. The molecule has 0 aliphatic carbocycles. The van der Waals surface area contributed by atoms with Crippen molar-refractivity contribution in [1.82, 2.24) is 9.47 Å². The highest BCUT2D eigenvalue weighted by Gasteiger charge is 2.34. The van der Waals surface area contributed by atoms with E-state index in [0.29, 0.717) is 38.4 Å². The minimum absolute atomic E-state index is 0.130. The first kappa shape index (κ1) is 19.5. The van der Waals surface area contributed by atoms with Crippen LogP contribution < -0.4 is 4.90 Å². The van der Waals surface area contributed by atoms with Gasteiger partial charge in [-0.15, -0.1) is 0 Å². The van der Waals surface area contributed by atoms with Crippen LogP contribution in [-0.4, -0.2) is 35.6 Å². The number of benzene rings is 2. The Bertz CT molecular complexity index is 972. The molecule has 0 spiro atoms. The molecule has 1 aliphatic rings. The van der Waals surface area contributed by atoms with E-state index in [-0.39, 0.29) is 11.5 Å². The van der Waals surface area contributed by atoms with Gasteiger partial charge in [-0.25, -0.2) is 4.39 Å². The summed E-state index contributed by atoms with van der Waals surface area (Å²) in [4.78, 5) is 4.18. The average molecular weight is 403 g/mol. The van der Waals surface area contributed by atoms with E-state index in [1.807, 2.05) is 17.0 Å². The van der Waals surface area contributed by atoms with Gasteiger partial charge in [-0.3, -0.25) is 4.90 Å². The van der Waals surface area contributed by atoms with Gasteiger partial charge in [0.1, 0.15) is 5.82 Å². The molecule has 0 unspecified atom stereocenters. The molecule has 0 saturated carbocycles. The van der Waals surface area contributed by atoms with E-state index < -0.39 is 11.7 Å². The van der Waals surface area contributed by atoms with E-state index in [2.05, 4.69) is 4.90 Å². The first-order valence-electron chi connectivity index (χ1n) is 9.48. The van der Waals surface area contributed by atoms with Crippen molar-refractivity contribution >= 4 is 5.69 Å². The van der Waals surface area contributed by atoms with Gasteiger partial charge < -0.3 is 9.47 Å². The third kappa shape index (κ3) is 4.15. The number of halogens is 4. The summed E-state index contributed by atoms with van der Waals surface area (Å²) in [5.74, 6) is -0.237. The summed E-state index contributed by atoms with van der Waals surface area (Å²) in [6, 6.07) is 15.9. The lowest BCUT2D eigenvalue weighted by atomic mass is 10.1. The fourth-order valence-corrected chi connectivity index (χ4v) is 3.79. The predicted molar refractivity (Wildman–Crippen MR) is 105 cm³/mol. The Morgan fingerprint density at radius 1 is 0.759 bits per heavy atom. The van der Waals surface area contributed by atoms with Crippen LogP contribution in [0.2, 0.25) is 0 Å². The Morgan fingerprint density at radius 2 is 1.41 bits per heavy atom. The Kier molecular flexibility index (Phi) is 5.32. The van der Waals surface area contributed by atoms with Gasteiger partial charge in [0.05, 0.1) is 16.9 Å². The zero-order chi connectivity index (χ0) is 20.4. The lowest BCUT2D eigenvalue weighted by molar-refractivity contribution is -0.137. The molecule has 0 radical (unpaired) electrons. The molecule has 0 amide bonds. The monoisotopic (exact) mass is 403 g/mol. The molecule has 3 nitrogen and oxygen atoms in total. The molecule has 0 bridgehead atoms. The normalized spacial score (nSPS) is 15.7. The van der Waals surface area contributed by atoms with Crippen molar-refractivity contribution in [1.29, 1.82) is 0 Å². The lowest BCUT2D eigenvalue weighted by Gasteiger charge is -2.36. The summed E-state index contributed by atoms with van der Waals surface area (Å²) in [6.45, 7) is 3.28. The number of para-hydroxylation sites is 2. The summed E-state index contributed by atoms with van der Waals surface area (Å²) >= 11 is 0. The van der Waals surface area contributed by atoms with Gasteiger partial charge in [-0.2, -0.15) is 13.2 Å². The molecule has 2 aromatic carbocycles. The van der Waals surface area contributed by atoms with E-state index in [1.165, 1.54) is 18.2 Å². The maximum atomic E-state index is 14.0. The Morgan fingerprint density at radius 3 is 2.10 bits per heavy atom. The summed E-state index contributed by atoms with van der Waals surface area (Å²) in [6.07, 6.45) is -2.75. The van der Waals surface area contributed by atoms with E-state index in [0.717, 1.165) is 11.8 Å². The molecular weight excluding hydrogens is 382 g/mol. The highest BCUT2D eigenvalue weighted by molar-refractivity contribution is 5.48. The first-order chi connectivity index (χ1) is 13.9. The van der Waals surface area contributed by atoms with Crippen LogP contribution in [0.5, 0.6) is 0 Å². The number of anilines is 1. The smallest absolute Gasteiger partial charge is 0.367 e. The molecular formula is C22H21F4N3. The zero-order valence-corrected chi connectivity index (χ0v) is 15.7. The number of hydrogen-bond donors (Lipinski definition) is 0. The predicted octanol–water partition coefficient (Wildman–Crippen LogP) is 4.96. The number of aromatic nitrogens is 1. The van der Waals surface area contributed by atoms with E-state index >= 15 is 0 Å². The molecule has 1 aromatic heterocycles. The van der Waals surface area contributed by atoms with Crippen LogP contribution in [0.15, 0.2) is 66.9 Å². The van der Waals surface area contributed by atoms with E-state index in [9.17, 15) is 17.6 Å². The largest absolute Gasteiger partial charge is 0.418 e. The fourth-order valence-electron chi connectivity index (χ4n) is 3.79. The van der Waals surface area contributed by atoms with Crippen LogP contribution in [0.3, 0.4) is 0 Å². The Labute approximate surface area is 166 Å². The molecule has 152 valence electrons. The van der Waals surface area contributed by atoms with Gasteiger partial charge in [0.2, 0.25) is 0 Å². The minimum Gasteiger partial charge on any atom is -0.367 e. The number of piperazine rings is 1. The maximum Gasteiger partial charge on any atom is 0.418 e. The third-order valence-electron chi connectivity index (χ3n) is 5.25. The standard InChI is InChI=1S/C22H21F4N3/c23-19-8-2-4-10-21(19)28-14-12-27(13-15-28)16-17-6-5-11-29(17)20-9-3-1-7-18(20)22(24,25)26/h1-11H,12-16H2. The van der Waals surface area contributed by atoms with Crippen molar-refractivity contribution in [2.24, 2.45) is 0 Å². The average Bonchev–Trinajstić information content (AvgIpc) is 3.16. The second-order valence-electron chi connectivity index (χ2n) is 7.10. The summed E-state index contributed by atoms with van der Waals surface area (Å²) in [5, 5.41) is 0. The van der Waals surface area contributed by atoms with Gasteiger partial charge >= 0.3 is 6.18 Å². The van der Waals surface area contributed by atoms with Crippen LogP contribution in [0, 0.1) is 5.82 Å². The number of hydrogen-bond acceptors (Lipinski definition) is 2. The van der Waals surface area contributed by atoms with E-state index in [4.69, 9.17) is 0 Å². The van der Waals surface area contributed by atoms with Crippen LogP contribution >= 0.6 is 0 Å². The zero-order valence-electron chi connectivity index (χ0n) is 15.7. The van der Waals surface area contributed by atoms with Crippen molar-refractivity contribution in [3.8, 4) is 5.69 Å². The fraction of sp³-hybridized carbons (Fsp3) is 0.273. The second-order valence-corrected chi connectivity index (χ2v) is 7.10. The van der Waals surface area contributed by atoms with Gasteiger partial charge in [0.25, 0.3) is 0 Å². The van der Waals surface area contributed by atoms with Crippen molar-refractivity contribution in [3.05, 3.63) is 83.9 Å². The second kappa shape index (κ2) is 7.91. The molecule has 1 saturated heterocycles. The third-order valence-corrected chi connectivity index (χ3v) is 5.25. The maximum absolute atomic E-state index is 14.0. The highest BCUT2D eigenvalue weighted by Crippen LogP contribution is 2.34.